The SMILES string of the molecule is CN1C(=O)c2cccnc2OC2CN(CC3CCCC3)CC21. The first-order chi connectivity index (χ1) is 10.7. The average molecular weight is 301 g/mol. The Bertz CT molecular complexity index is 571. The molecule has 1 saturated carbocycles. The number of nitrogens with zero attached hydrogens (tertiary/aromatic N) is 3. The number of aromatic nitrogens is 1. The summed E-state index contributed by atoms with van der Waals surface area (Å²) in [6.45, 7) is 2.96. The molecule has 4 rings (SSSR count). The summed E-state index contributed by atoms with van der Waals surface area (Å²) < 4.78 is 6.10. The van der Waals surface area contributed by atoms with Gasteiger partial charge in [0.25, 0.3) is 5.91 Å². The summed E-state index contributed by atoms with van der Waals surface area (Å²) in [5.74, 6) is 1.35. The second kappa shape index (κ2) is 5.54. The number of carbonyl (C=O) groups excluding carboxylic acids is 1. The second-order valence-corrected chi connectivity index (χ2v) is 6.86. The van der Waals surface area contributed by atoms with E-state index in [4.69, 9.17) is 4.74 Å². The molecule has 2 unspecified atom stereocenters. The lowest BCUT2D eigenvalue weighted by Gasteiger charge is -2.25. The molecule has 2 fully saturated rings. The number of fused-ring (bicyclic) bond motifs is 2. The number of ether oxygens (including phenoxy) is 1. The maximum absolute atomic E-state index is 12.6. The summed E-state index contributed by atoms with van der Waals surface area (Å²) in [6.07, 6.45) is 7.18. The fourth-order valence-electron chi connectivity index (χ4n) is 4.16. The highest BCUT2D eigenvalue weighted by atomic mass is 16.5. The number of likely N-dealkylation sites (N-methyl/N-ethyl adjacent to an activating group) is 1. The van der Waals surface area contributed by atoms with Crippen molar-refractivity contribution in [2.45, 2.75) is 37.8 Å². The Morgan fingerprint density at radius 2 is 2.14 bits per heavy atom. The highest BCUT2D eigenvalue weighted by Crippen LogP contribution is 2.31. The Balaban J connectivity index is 1.53. The van der Waals surface area contributed by atoms with Crippen LogP contribution in [0.4, 0.5) is 0 Å². The molecular weight excluding hydrogens is 278 g/mol. The summed E-state index contributed by atoms with van der Waals surface area (Å²) in [5, 5.41) is 0. The van der Waals surface area contributed by atoms with Crippen molar-refractivity contribution < 1.29 is 9.53 Å². The Kier molecular flexibility index (Phi) is 3.53. The zero-order valence-electron chi connectivity index (χ0n) is 13.1. The van der Waals surface area contributed by atoms with Crippen molar-refractivity contribution in [3.8, 4) is 5.88 Å². The Hall–Kier alpha value is -1.62. The van der Waals surface area contributed by atoms with Crippen molar-refractivity contribution in [3.63, 3.8) is 0 Å². The van der Waals surface area contributed by atoms with E-state index in [1.165, 1.54) is 25.7 Å². The lowest BCUT2D eigenvalue weighted by atomic mass is 10.1. The number of hydrogen-bond donors (Lipinski definition) is 0. The number of hydrogen-bond acceptors (Lipinski definition) is 4. The van der Waals surface area contributed by atoms with Gasteiger partial charge in [0.1, 0.15) is 11.7 Å². The van der Waals surface area contributed by atoms with E-state index < -0.39 is 0 Å². The first kappa shape index (κ1) is 14.0. The lowest BCUT2D eigenvalue weighted by molar-refractivity contribution is 0.0680. The lowest BCUT2D eigenvalue weighted by Crippen LogP contribution is -2.44. The Morgan fingerprint density at radius 1 is 1.32 bits per heavy atom. The fourth-order valence-corrected chi connectivity index (χ4v) is 4.16. The van der Waals surface area contributed by atoms with Crippen LogP contribution in [-0.2, 0) is 0 Å². The minimum absolute atomic E-state index is 0.0262. The van der Waals surface area contributed by atoms with Crippen LogP contribution in [0, 0.1) is 5.92 Å². The second-order valence-electron chi connectivity index (χ2n) is 6.86. The van der Waals surface area contributed by atoms with Crippen molar-refractivity contribution in [1.82, 2.24) is 14.8 Å². The third-order valence-corrected chi connectivity index (χ3v) is 5.39. The minimum atomic E-state index is 0.0262. The van der Waals surface area contributed by atoms with Gasteiger partial charge in [-0.1, -0.05) is 12.8 Å². The molecule has 3 heterocycles. The maximum Gasteiger partial charge on any atom is 0.259 e. The summed E-state index contributed by atoms with van der Waals surface area (Å²) in [4.78, 5) is 21.2. The van der Waals surface area contributed by atoms with Crippen LogP contribution in [0.2, 0.25) is 0 Å². The Labute approximate surface area is 131 Å². The van der Waals surface area contributed by atoms with Crippen molar-refractivity contribution in [2.75, 3.05) is 26.7 Å². The molecule has 3 aliphatic rings. The number of likely N-dealkylation sites (tertiary alicyclic amines) is 1. The molecule has 22 heavy (non-hydrogen) atoms. The van der Waals surface area contributed by atoms with Crippen molar-refractivity contribution in [2.24, 2.45) is 5.92 Å². The van der Waals surface area contributed by atoms with Gasteiger partial charge >= 0.3 is 0 Å². The van der Waals surface area contributed by atoms with Crippen molar-refractivity contribution in [1.29, 1.82) is 0 Å². The predicted octanol–water partition coefficient (Wildman–Crippen LogP) is 1.79. The number of amides is 1. The van der Waals surface area contributed by atoms with Crippen molar-refractivity contribution >= 4 is 5.91 Å². The molecule has 0 radical (unpaired) electrons. The van der Waals surface area contributed by atoms with Gasteiger partial charge in [-0.2, -0.15) is 0 Å². The molecular formula is C17H23N3O2. The smallest absolute Gasteiger partial charge is 0.259 e. The molecule has 1 aliphatic carbocycles. The van der Waals surface area contributed by atoms with Gasteiger partial charge in [0.15, 0.2) is 0 Å². The number of carbonyl (C=O) groups is 1. The molecule has 0 spiro atoms. The summed E-state index contributed by atoms with van der Waals surface area (Å²) in [6, 6.07) is 3.73. The maximum atomic E-state index is 12.6. The van der Waals surface area contributed by atoms with Crippen LogP contribution in [0.25, 0.3) is 0 Å². The van der Waals surface area contributed by atoms with Crippen LogP contribution in [0.5, 0.6) is 5.88 Å². The average Bonchev–Trinajstić information content (AvgIpc) is 3.15. The zero-order valence-corrected chi connectivity index (χ0v) is 13.1. The third-order valence-electron chi connectivity index (χ3n) is 5.39. The molecule has 1 amide bonds. The van der Waals surface area contributed by atoms with Gasteiger partial charge in [-0.05, 0) is 30.9 Å². The molecule has 1 aromatic heterocycles. The summed E-state index contributed by atoms with van der Waals surface area (Å²) in [7, 11) is 1.89. The standard InChI is InChI=1S/C17H23N3O2/c1-19-14-10-20(9-12-5-2-3-6-12)11-15(14)22-16-13(17(19)21)7-4-8-18-16/h4,7-8,12,14-15H,2-3,5-6,9-11H2,1H3. The Morgan fingerprint density at radius 3 is 2.95 bits per heavy atom. The molecule has 0 bridgehead atoms. The molecule has 118 valence electrons. The van der Waals surface area contributed by atoms with Crippen LogP contribution >= 0.6 is 0 Å². The van der Waals surface area contributed by atoms with Gasteiger partial charge in [0.2, 0.25) is 5.88 Å². The van der Waals surface area contributed by atoms with Crippen LogP contribution in [-0.4, -0.2) is 59.5 Å². The highest BCUT2D eigenvalue weighted by Gasteiger charge is 2.43. The fraction of sp³-hybridized carbons (Fsp3) is 0.647. The molecule has 2 aliphatic heterocycles. The monoisotopic (exact) mass is 301 g/mol. The first-order valence-corrected chi connectivity index (χ1v) is 8.33. The van der Waals surface area contributed by atoms with E-state index in [2.05, 4.69) is 9.88 Å². The van der Waals surface area contributed by atoms with Crippen molar-refractivity contribution in [3.05, 3.63) is 23.9 Å². The van der Waals surface area contributed by atoms with E-state index in [0.717, 1.165) is 25.6 Å². The normalized spacial score (nSPS) is 29.1. The molecule has 0 N–H and O–H groups in total. The third kappa shape index (κ3) is 2.37. The van der Waals surface area contributed by atoms with Crippen LogP contribution in [0.3, 0.4) is 0 Å². The molecule has 2 atom stereocenters. The molecule has 5 nitrogen and oxygen atoms in total. The van der Waals surface area contributed by atoms with E-state index in [1.807, 2.05) is 11.9 Å². The van der Waals surface area contributed by atoms with Gasteiger partial charge in [-0.15, -0.1) is 0 Å². The van der Waals surface area contributed by atoms with Crippen LogP contribution in [0.15, 0.2) is 18.3 Å². The summed E-state index contributed by atoms with van der Waals surface area (Å²) >= 11 is 0. The number of rotatable bonds is 2. The van der Waals surface area contributed by atoms with Gasteiger partial charge in [0.05, 0.1) is 6.04 Å². The van der Waals surface area contributed by atoms with Crippen LogP contribution < -0.4 is 4.74 Å². The molecule has 1 aromatic rings. The van der Waals surface area contributed by atoms with E-state index >= 15 is 0 Å². The minimum Gasteiger partial charge on any atom is -0.470 e. The van der Waals surface area contributed by atoms with Gasteiger partial charge in [0, 0.05) is 32.9 Å². The first-order valence-electron chi connectivity index (χ1n) is 8.33. The topological polar surface area (TPSA) is 45.7 Å². The van der Waals surface area contributed by atoms with Gasteiger partial charge < -0.3 is 9.64 Å². The van der Waals surface area contributed by atoms with E-state index in [0.29, 0.717) is 11.4 Å². The largest absolute Gasteiger partial charge is 0.470 e. The number of pyridine rings is 1. The molecule has 0 aromatic carbocycles. The molecule has 5 heteroatoms. The molecule has 1 saturated heterocycles. The van der Waals surface area contributed by atoms with E-state index in [-0.39, 0.29) is 18.1 Å². The van der Waals surface area contributed by atoms with Gasteiger partial charge in [-0.3, -0.25) is 9.69 Å². The van der Waals surface area contributed by atoms with E-state index in [1.54, 1.807) is 18.3 Å². The predicted molar refractivity (Wildman–Crippen MR) is 82.9 cm³/mol. The highest BCUT2D eigenvalue weighted by molar-refractivity contribution is 5.96. The van der Waals surface area contributed by atoms with Gasteiger partial charge in [-0.25, -0.2) is 4.98 Å². The zero-order chi connectivity index (χ0) is 15.1. The quantitative estimate of drug-likeness (QED) is 0.835. The van der Waals surface area contributed by atoms with E-state index in [9.17, 15) is 4.79 Å². The van der Waals surface area contributed by atoms with Crippen LogP contribution in [0.1, 0.15) is 36.0 Å². The summed E-state index contributed by atoms with van der Waals surface area (Å²) in [5.41, 5.74) is 0.585.